The van der Waals surface area contributed by atoms with Gasteiger partial charge in [-0.2, -0.15) is 0 Å². The molecule has 0 aliphatic rings. The van der Waals surface area contributed by atoms with Crippen molar-refractivity contribution in [2.45, 2.75) is 25.8 Å². The zero-order valence-electron chi connectivity index (χ0n) is 11.2. The van der Waals surface area contributed by atoms with Crippen LogP contribution in [0.4, 0.5) is 11.5 Å². The number of pyridine rings is 1. The van der Waals surface area contributed by atoms with Gasteiger partial charge in [-0.3, -0.25) is 0 Å². The largest absolute Gasteiger partial charge is 0.478 e. The van der Waals surface area contributed by atoms with Gasteiger partial charge >= 0.3 is 5.97 Å². The first-order valence-electron chi connectivity index (χ1n) is 6.40. The Morgan fingerprint density at radius 3 is 2.95 bits per heavy atom. The Morgan fingerprint density at radius 2 is 2.40 bits per heavy atom. The molecule has 0 saturated heterocycles. The number of rotatable bonds is 6. The Kier molecular flexibility index (Phi) is 4.57. The first kappa shape index (κ1) is 14.3. The van der Waals surface area contributed by atoms with Gasteiger partial charge < -0.3 is 16.2 Å². The summed E-state index contributed by atoms with van der Waals surface area (Å²) in [5.41, 5.74) is 6.32. The first-order chi connectivity index (χ1) is 9.61. The zero-order valence-corrected chi connectivity index (χ0v) is 12.0. The summed E-state index contributed by atoms with van der Waals surface area (Å²) in [6.07, 6.45) is 3.31. The summed E-state index contributed by atoms with van der Waals surface area (Å²) in [6.45, 7) is 2.12. The smallest absolute Gasteiger partial charge is 0.337 e. The molecular formula is C14H17N3O2S. The van der Waals surface area contributed by atoms with Crippen molar-refractivity contribution in [2.75, 3.05) is 11.1 Å². The number of thiophene rings is 1. The van der Waals surface area contributed by atoms with Crippen molar-refractivity contribution in [1.29, 1.82) is 0 Å². The number of carbonyl (C=O) groups is 1. The third kappa shape index (κ3) is 3.27. The number of carboxylic acid groups (broad SMARTS) is 1. The number of anilines is 2. The van der Waals surface area contributed by atoms with Crippen molar-refractivity contribution in [3.8, 4) is 0 Å². The second-order valence-corrected chi connectivity index (χ2v) is 5.45. The molecule has 4 N–H and O–H groups in total. The quantitative estimate of drug-likeness (QED) is 0.759. The van der Waals surface area contributed by atoms with E-state index >= 15 is 0 Å². The van der Waals surface area contributed by atoms with Crippen molar-refractivity contribution in [3.63, 3.8) is 0 Å². The van der Waals surface area contributed by atoms with E-state index in [-0.39, 0.29) is 11.6 Å². The molecule has 2 aromatic rings. The number of nitrogens with two attached hydrogens (primary N) is 1. The van der Waals surface area contributed by atoms with Gasteiger partial charge in [0.1, 0.15) is 5.82 Å². The highest BCUT2D eigenvalue weighted by atomic mass is 32.1. The van der Waals surface area contributed by atoms with Crippen molar-refractivity contribution >= 4 is 28.8 Å². The van der Waals surface area contributed by atoms with E-state index < -0.39 is 5.97 Å². The lowest BCUT2D eigenvalue weighted by molar-refractivity contribution is 0.0696. The second-order valence-electron chi connectivity index (χ2n) is 4.47. The summed E-state index contributed by atoms with van der Waals surface area (Å²) in [7, 11) is 0. The van der Waals surface area contributed by atoms with Crippen LogP contribution in [0.15, 0.2) is 29.8 Å². The number of nitrogens with one attached hydrogen (secondary N) is 1. The minimum Gasteiger partial charge on any atom is -0.478 e. The molecule has 1 atom stereocenters. The molecule has 106 valence electrons. The normalized spacial score (nSPS) is 12.1. The number of hydrogen-bond donors (Lipinski definition) is 3. The van der Waals surface area contributed by atoms with Gasteiger partial charge in [-0.15, -0.1) is 11.3 Å². The highest BCUT2D eigenvalue weighted by Crippen LogP contribution is 2.29. The fraction of sp³-hybridized carbons (Fsp3) is 0.286. The number of nitrogen functional groups attached to an aromatic ring is 1. The molecule has 2 heterocycles. The van der Waals surface area contributed by atoms with Crippen molar-refractivity contribution < 1.29 is 9.90 Å². The minimum absolute atomic E-state index is 0.0937. The van der Waals surface area contributed by atoms with Gasteiger partial charge in [-0.1, -0.05) is 19.4 Å². The first-order valence-corrected chi connectivity index (χ1v) is 7.28. The van der Waals surface area contributed by atoms with Crippen LogP contribution in [0.1, 0.15) is 41.0 Å². The van der Waals surface area contributed by atoms with E-state index in [1.807, 2.05) is 11.4 Å². The average molecular weight is 291 g/mol. The molecule has 6 heteroatoms. The van der Waals surface area contributed by atoms with E-state index in [2.05, 4.69) is 23.3 Å². The summed E-state index contributed by atoms with van der Waals surface area (Å²) in [4.78, 5) is 16.2. The Labute approximate surface area is 121 Å². The predicted molar refractivity (Wildman–Crippen MR) is 81.2 cm³/mol. The van der Waals surface area contributed by atoms with Gasteiger partial charge in [-0.25, -0.2) is 9.78 Å². The van der Waals surface area contributed by atoms with E-state index in [0.717, 1.165) is 12.8 Å². The molecule has 0 aliphatic carbocycles. The molecule has 0 fully saturated rings. The van der Waals surface area contributed by atoms with Crippen molar-refractivity contribution in [1.82, 2.24) is 4.98 Å². The zero-order chi connectivity index (χ0) is 14.5. The van der Waals surface area contributed by atoms with Crippen LogP contribution in [-0.4, -0.2) is 16.1 Å². The van der Waals surface area contributed by atoms with Crippen LogP contribution in [0.2, 0.25) is 0 Å². The molecule has 0 spiro atoms. The van der Waals surface area contributed by atoms with Crippen LogP contribution < -0.4 is 11.1 Å². The highest BCUT2D eigenvalue weighted by Gasteiger charge is 2.15. The second kappa shape index (κ2) is 6.38. The maximum Gasteiger partial charge on any atom is 0.337 e. The molecule has 0 saturated carbocycles. The van der Waals surface area contributed by atoms with Crippen molar-refractivity contribution in [3.05, 3.63) is 40.2 Å². The fourth-order valence-corrected chi connectivity index (χ4v) is 2.76. The molecule has 0 aliphatic heterocycles. The van der Waals surface area contributed by atoms with Crippen LogP contribution in [-0.2, 0) is 0 Å². The monoisotopic (exact) mass is 291 g/mol. The summed E-state index contributed by atoms with van der Waals surface area (Å²) >= 11 is 1.68. The van der Waals surface area contributed by atoms with Gasteiger partial charge in [0.2, 0.25) is 0 Å². The number of aromatic nitrogens is 1. The Morgan fingerprint density at radius 1 is 1.60 bits per heavy atom. The van der Waals surface area contributed by atoms with Crippen molar-refractivity contribution in [2.24, 2.45) is 0 Å². The molecule has 2 aromatic heterocycles. The molecule has 0 amide bonds. The van der Waals surface area contributed by atoms with E-state index in [4.69, 9.17) is 10.8 Å². The summed E-state index contributed by atoms with van der Waals surface area (Å²) in [6, 6.07) is 5.65. The maximum absolute atomic E-state index is 10.9. The Bertz CT molecular complexity index is 584. The average Bonchev–Trinajstić information content (AvgIpc) is 2.94. The van der Waals surface area contributed by atoms with E-state index in [9.17, 15) is 4.79 Å². The molecule has 20 heavy (non-hydrogen) atoms. The lowest BCUT2D eigenvalue weighted by atomic mass is 10.1. The summed E-state index contributed by atoms with van der Waals surface area (Å²) in [5.74, 6) is -0.499. The third-order valence-corrected chi connectivity index (χ3v) is 3.93. The van der Waals surface area contributed by atoms with E-state index in [1.165, 1.54) is 17.1 Å². The van der Waals surface area contributed by atoms with Gasteiger partial charge in [-0.05, 0) is 23.9 Å². The fourth-order valence-electron chi connectivity index (χ4n) is 1.95. The predicted octanol–water partition coefficient (Wildman–Crippen LogP) is 3.38. The van der Waals surface area contributed by atoms with Gasteiger partial charge in [0, 0.05) is 11.1 Å². The minimum atomic E-state index is -1.03. The van der Waals surface area contributed by atoms with Crippen LogP contribution in [0.25, 0.3) is 0 Å². The SMILES string of the molecule is CCCC(Nc1ncc(C(=O)O)cc1N)c1cccs1. The number of nitrogens with zero attached hydrogens (tertiary/aromatic N) is 1. The molecule has 0 aromatic carbocycles. The summed E-state index contributed by atoms with van der Waals surface area (Å²) < 4.78 is 0. The van der Waals surface area contributed by atoms with Gasteiger partial charge in [0.05, 0.1) is 17.3 Å². The molecule has 0 bridgehead atoms. The van der Waals surface area contributed by atoms with Crippen LogP contribution >= 0.6 is 11.3 Å². The Hall–Kier alpha value is -2.08. The molecule has 1 unspecified atom stereocenters. The van der Waals surface area contributed by atoms with Crippen LogP contribution in [0.5, 0.6) is 0 Å². The number of hydrogen-bond acceptors (Lipinski definition) is 5. The van der Waals surface area contributed by atoms with Gasteiger partial charge in [0.15, 0.2) is 0 Å². The van der Waals surface area contributed by atoms with Crippen LogP contribution in [0.3, 0.4) is 0 Å². The summed E-state index contributed by atoms with van der Waals surface area (Å²) in [5, 5.41) is 14.2. The van der Waals surface area contributed by atoms with Crippen LogP contribution in [0, 0.1) is 0 Å². The standard InChI is InChI=1S/C14H17N3O2S/c1-2-4-11(12-5-3-6-20-12)17-13-10(15)7-9(8-16-13)14(18)19/h3,5-8,11H,2,4,15H2,1H3,(H,16,17)(H,18,19). The highest BCUT2D eigenvalue weighted by molar-refractivity contribution is 7.10. The molecule has 2 rings (SSSR count). The van der Waals surface area contributed by atoms with E-state index in [1.54, 1.807) is 11.3 Å². The Balaban J connectivity index is 2.21. The molecular weight excluding hydrogens is 274 g/mol. The lowest BCUT2D eigenvalue weighted by Gasteiger charge is -2.18. The molecule has 0 radical (unpaired) electrons. The number of carboxylic acids is 1. The lowest BCUT2D eigenvalue weighted by Crippen LogP contribution is -2.12. The maximum atomic E-state index is 10.9. The van der Waals surface area contributed by atoms with E-state index in [0.29, 0.717) is 11.5 Å². The topological polar surface area (TPSA) is 88.2 Å². The molecule has 5 nitrogen and oxygen atoms in total. The third-order valence-electron chi connectivity index (χ3n) is 2.94. The number of aromatic carboxylic acids is 1. The van der Waals surface area contributed by atoms with Gasteiger partial charge in [0.25, 0.3) is 0 Å².